The Bertz CT molecular complexity index is 697. The second kappa shape index (κ2) is 6.45. The summed E-state index contributed by atoms with van der Waals surface area (Å²) in [6, 6.07) is 6.19. The van der Waals surface area contributed by atoms with Gasteiger partial charge < -0.3 is 10.1 Å². The predicted octanol–water partition coefficient (Wildman–Crippen LogP) is 2.07. The van der Waals surface area contributed by atoms with Crippen LogP contribution in [0.3, 0.4) is 0 Å². The van der Waals surface area contributed by atoms with E-state index in [4.69, 9.17) is 4.74 Å². The number of rotatable bonds is 4. The zero-order chi connectivity index (χ0) is 16.4. The van der Waals surface area contributed by atoms with Gasteiger partial charge in [-0.2, -0.15) is 0 Å². The van der Waals surface area contributed by atoms with Crippen LogP contribution < -0.4 is 5.32 Å². The van der Waals surface area contributed by atoms with E-state index < -0.39 is 0 Å². The first-order valence-electron chi connectivity index (χ1n) is 7.62. The van der Waals surface area contributed by atoms with Crippen LogP contribution in [0.2, 0.25) is 0 Å². The first-order chi connectivity index (χ1) is 11.0. The smallest absolute Gasteiger partial charge is 0.273 e. The monoisotopic (exact) mass is 318 g/mol. The van der Waals surface area contributed by atoms with Crippen molar-refractivity contribution >= 4 is 5.91 Å². The van der Waals surface area contributed by atoms with Crippen molar-refractivity contribution in [3.05, 3.63) is 47.0 Å². The minimum atomic E-state index is -0.282. The van der Waals surface area contributed by atoms with Gasteiger partial charge in [-0.25, -0.2) is 9.07 Å². The third-order valence-corrected chi connectivity index (χ3v) is 3.73. The molecule has 122 valence electrons. The lowest BCUT2D eigenvalue weighted by atomic mass is 10.1. The number of nitrogens with one attached hydrogen (secondary N) is 1. The Morgan fingerprint density at radius 3 is 2.87 bits per heavy atom. The van der Waals surface area contributed by atoms with E-state index in [9.17, 15) is 9.18 Å². The minimum absolute atomic E-state index is 0.226. The second-order valence-electron chi connectivity index (χ2n) is 6.02. The number of nitrogens with zero attached hydrogens (tertiary/aromatic N) is 3. The van der Waals surface area contributed by atoms with Gasteiger partial charge in [0.2, 0.25) is 0 Å². The summed E-state index contributed by atoms with van der Waals surface area (Å²) in [7, 11) is 0. The number of halogens is 1. The fourth-order valence-corrected chi connectivity index (χ4v) is 2.45. The molecule has 1 amide bonds. The molecule has 1 aliphatic rings. The van der Waals surface area contributed by atoms with Crippen molar-refractivity contribution in [2.24, 2.45) is 5.92 Å². The van der Waals surface area contributed by atoms with Crippen LogP contribution in [-0.2, 0) is 17.9 Å². The lowest BCUT2D eigenvalue weighted by Crippen LogP contribution is -2.30. The summed E-state index contributed by atoms with van der Waals surface area (Å²) in [5.41, 5.74) is 1.85. The van der Waals surface area contributed by atoms with Gasteiger partial charge in [-0.3, -0.25) is 4.79 Å². The van der Waals surface area contributed by atoms with Crippen LogP contribution in [0, 0.1) is 11.7 Å². The molecule has 7 heteroatoms. The molecule has 1 atom stereocenters. The Morgan fingerprint density at radius 1 is 1.43 bits per heavy atom. The summed E-state index contributed by atoms with van der Waals surface area (Å²) in [4.78, 5) is 12.1. The number of benzene rings is 1. The van der Waals surface area contributed by atoms with Crippen LogP contribution in [0.25, 0.3) is 0 Å². The highest BCUT2D eigenvalue weighted by molar-refractivity contribution is 5.93. The normalized spacial score (nSPS) is 17.1. The lowest BCUT2D eigenvalue weighted by molar-refractivity contribution is -0.00180. The first kappa shape index (κ1) is 15.6. The summed E-state index contributed by atoms with van der Waals surface area (Å²) in [6.45, 7) is 5.34. The molecule has 0 spiro atoms. The van der Waals surface area contributed by atoms with Crippen molar-refractivity contribution in [1.82, 2.24) is 20.3 Å². The van der Waals surface area contributed by atoms with Gasteiger partial charge in [0.25, 0.3) is 5.91 Å². The number of ether oxygens (including phenoxy) is 1. The number of hydrogen-bond acceptors (Lipinski definition) is 4. The lowest BCUT2D eigenvalue weighted by Gasteiger charge is -2.24. The van der Waals surface area contributed by atoms with E-state index in [2.05, 4.69) is 15.6 Å². The summed E-state index contributed by atoms with van der Waals surface area (Å²) in [5, 5.41) is 10.9. The van der Waals surface area contributed by atoms with Crippen LogP contribution in [0.5, 0.6) is 0 Å². The predicted molar refractivity (Wildman–Crippen MR) is 81.1 cm³/mol. The molecule has 1 aromatic carbocycles. The maximum Gasteiger partial charge on any atom is 0.273 e. The van der Waals surface area contributed by atoms with E-state index in [1.54, 1.807) is 16.8 Å². The van der Waals surface area contributed by atoms with Crippen molar-refractivity contribution < 1.29 is 13.9 Å². The summed E-state index contributed by atoms with van der Waals surface area (Å²) < 4.78 is 20.5. The van der Waals surface area contributed by atoms with Crippen LogP contribution in [-0.4, -0.2) is 27.4 Å². The van der Waals surface area contributed by atoms with Gasteiger partial charge in [-0.1, -0.05) is 31.2 Å². The van der Waals surface area contributed by atoms with Gasteiger partial charge >= 0.3 is 0 Å². The van der Waals surface area contributed by atoms with Gasteiger partial charge in [0, 0.05) is 6.54 Å². The molecule has 0 fully saturated rings. The Balaban J connectivity index is 1.73. The molecule has 2 heterocycles. The molecule has 23 heavy (non-hydrogen) atoms. The van der Waals surface area contributed by atoms with Crippen LogP contribution in [0.15, 0.2) is 24.3 Å². The summed E-state index contributed by atoms with van der Waals surface area (Å²) in [6.07, 6.45) is -0.226. The topological polar surface area (TPSA) is 69.0 Å². The largest absolute Gasteiger partial charge is 0.365 e. The van der Waals surface area contributed by atoms with Gasteiger partial charge in [-0.05, 0) is 23.6 Å². The molecule has 0 bridgehead atoms. The number of aromatic nitrogens is 3. The van der Waals surface area contributed by atoms with Crippen LogP contribution >= 0.6 is 0 Å². The van der Waals surface area contributed by atoms with Crippen molar-refractivity contribution in [2.75, 3.05) is 6.54 Å². The fourth-order valence-electron chi connectivity index (χ4n) is 2.45. The maximum absolute atomic E-state index is 13.0. The zero-order valence-electron chi connectivity index (χ0n) is 13.1. The SMILES string of the molecule is CC(C)CNC(=O)c1nnn2c1COC(c1ccc(F)cc1)C2. The zero-order valence-corrected chi connectivity index (χ0v) is 13.1. The number of carbonyl (C=O) groups is 1. The number of hydrogen-bond donors (Lipinski definition) is 1. The van der Waals surface area contributed by atoms with Gasteiger partial charge in [0.1, 0.15) is 11.9 Å². The average Bonchev–Trinajstić information content (AvgIpc) is 2.96. The molecule has 0 saturated carbocycles. The second-order valence-corrected chi connectivity index (χ2v) is 6.02. The fraction of sp³-hybridized carbons (Fsp3) is 0.438. The van der Waals surface area contributed by atoms with Crippen molar-refractivity contribution in [1.29, 1.82) is 0 Å². The molecule has 1 aliphatic heterocycles. The summed E-state index contributed by atoms with van der Waals surface area (Å²) in [5.74, 6) is -0.150. The van der Waals surface area contributed by atoms with E-state index in [0.717, 1.165) is 5.56 Å². The van der Waals surface area contributed by atoms with Crippen molar-refractivity contribution in [3.63, 3.8) is 0 Å². The number of fused-ring (bicyclic) bond motifs is 1. The molecular formula is C16H19FN4O2. The maximum atomic E-state index is 13.0. The molecular weight excluding hydrogens is 299 g/mol. The molecule has 1 unspecified atom stereocenters. The third kappa shape index (κ3) is 3.39. The molecule has 3 rings (SSSR count). The molecule has 6 nitrogen and oxygen atoms in total. The van der Waals surface area contributed by atoms with Gasteiger partial charge in [0.15, 0.2) is 5.69 Å². The highest BCUT2D eigenvalue weighted by Crippen LogP contribution is 2.27. The van der Waals surface area contributed by atoms with E-state index in [0.29, 0.717) is 30.4 Å². The number of carbonyl (C=O) groups excluding carboxylic acids is 1. The highest BCUT2D eigenvalue weighted by Gasteiger charge is 2.27. The Labute approximate surface area is 133 Å². The average molecular weight is 318 g/mol. The molecule has 1 N–H and O–H groups in total. The van der Waals surface area contributed by atoms with E-state index >= 15 is 0 Å². The van der Waals surface area contributed by atoms with Crippen LogP contribution in [0.1, 0.15) is 41.7 Å². The Kier molecular flexibility index (Phi) is 4.38. The third-order valence-electron chi connectivity index (χ3n) is 3.73. The molecule has 0 radical (unpaired) electrons. The standard InChI is InChI=1S/C16H19FN4O2/c1-10(2)7-18-16(22)15-13-9-23-14(8-21(13)20-19-15)11-3-5-12(17)6-4-11/h3-6,10,14H,7-9H2,1-2H3,(H,18,22). The Morgan fingerprint density at radius 2 is 2.17 bits per heavy atom. The van der Waals surface area contributed by atoms with E-state index in [1.807, 2.05) is 13.8 Å². The molecule has 0 saturated heterocycles. The van der Waals surface area contributed by atoms with Crippen molar-refractivity contribution in [3.8, 4) is 0 Å². The highest BCUT2D eigenvalue weighted by atomic mass is 19.1. The molecule has 2 aromatic rings. The van der Waals surface area contributed by atoms with E-state index in [-0.39, 0.29) is 24.4 Å². The van der Waals surface area contributed by atoms with Crippen LogP contribution in [0.4, 0.5) is 4.39 Å². The quantitative estimate of drug-likeness (QED) is 0.937. The van der Waals surface area contributed by atoms with E-state index in [1.165, 1.54) is 12.1 Å². The summed E-state index contributed by atoms with van der Waals surface area (Å²) >= 11 is 0. The van der Waals surface area contributed by atoms with Gasteiger partial charge in [0.05, 0.1) is 18.8 Å². The minimum Gasteiger partial charge on any atom is -0.365 e. The number of amides is 1. The molecule has 1 aromatic heterocycles. The first-order valence-corrected chi connectivity index (χ1v) is 7.62. The Hall–Kier alpha value is -2.28. The molecule has 0 aliphatic carbocycles. The van der Waals surface area contributed by atoms with Gasteiger partial charge in [-0.15, -0.1) is 5.10 Å². The van der Waals surface area contributed by atoms with Crippen molar-refractivity contribution in [2.45, 2.75) is 33.1 Å².